The third-order valence-corrected chi connectivity index (χ3v) is 5.80. The van der Waals surface area contributed by atoms with Gasteiger partial charge in [0.1, 0.15) is 0 Å². The van der Waals surface area contributed by atoms with Gasteiger partial charge in [-0.15, -0.1) is 0 Å². The summed E-state index contributed by atoms with van der Waals surface area (Å²) in [5.74, 6) is 0.177. The fourth-order valence-corrected chi connectivity index (χ4v) is 4.26. The van der Waals surface area contributed by atoms with Crippen LogP contribution in [0.4, 0.5) is 0 Å². The number of amides is 1. The van der Waals surface area contributed by atoms with Crippen LogP contribution in [0, 0.1) is 0 Å². The van der Waals surface area contributed by atoms with Gasteiger partial charge >= 0.3 is 0 Å². The summed E-state index contributed by atoms with van der Waals surface area (Å²) in [6.07, 6.45) is 7.76. The molecule has 3 nitrogen and oxygen atoms in total. The highest BCUT2D eigenvalue weighted by atomic mass is 32.2. The zero-order chi connectivity index (χ0) is 14.7. The molecule has 4 heteroatoms. The average Bonchev–Trinajstić information content (AvgIpc) is 2.54. The Balaban J connectivity index is 1.57. The number of thioether (sulfide) groups is 1. The smallest absolute Gasteiger partial charge is 0.237 e. The SMILES string of the molecule is CSC1CCCC(NC(=O)[C@H]2Cc3ccccc3CN2)C1. The molecule has 0 bridgehead atoms. The fraction of sp³-hybridized carbons (Fsp3) is 0.588. The van der Waals surface area contributed by atoms with Crippen molar-refractivity contribution in [1.82, 2.24) is 10.6 Å². The van der Waals surface area contributed by atoms with Gasteiger partial charge in [-0.25, -0.2) is 0 Å². The Morgan fingerprint density at radius 1 is 1.29 bits per heavy atom. The van der Waals surface area contributed by atoms with E-state index in [0.29, 0.717) is 11.3 Å². The van der Waals surface area contributed by atoms with Crippen molar-refractivity contribution in [3.8, 4) is 0 Å². The van der Waals surface area contributed by atoms with Crippen molar-refractivity contribution in [2.24, 2.45) is 0 Å². The van der Waals surface area contributed by atoms with Crippen LogP contribution in [0.15, 0.2) is 24.3 Å². The molecule has 1 amide bonds. The van der Waals surface area contributed by atoms with E-state index in [1.165, 1.54) is 24.0 Å². The standard InChI is InChI=1S/C17H24N2OS/c1-21-15-8-4-7-14(10-15)19-17(20)16-9-12-5-2-3-6-13(12)11-18-16/h2-3,5-6,14-16,18H,4,7-11H2,1H3,(H,19,20)/t14?,15?,16-/m1/s1. The van der Waals surface area contributed by atoms with Crippen LogP contribution >= 0.6 is 11.8 Å². The third-order valence-electron chi connectivity index (χ3n) is 4.70. The van der Waals surface area contributed by atoms with Gasteiger partial charge in [-0.05, 0) is 43.1 Å². The van der Waals surface area contributed by atoms with Crippen molar-refractivity contribution in [3.05, 3.63) is 35.4 Å². The molecular formula is C17H24N2OS. The number of fused-ring (bicyclic) bond motifs is 1. The molecule has 2 N–H and O–H groups in total. The quantitative estimate of drug-likeness (QED) is 0.901. The lowest BCUT2D eigenvalue weighted by Crippen LogP contribution is -2.51. The minimum Gasteiger partial charge on any atom is -0.352 e. The summed E-state index contributed by atoms with van der Waals surface area (Å²) in [5.41, 5.74) is 2.63. The van der Waals surface area contributed by atoms with Crippen molar-refractivity contribution in [1.29, 1.82) is 0 Å². The Hall–Kier alpha value is -1.00. The summed E-state index contributed by atoms with van der Waals surface area (Å²) >= 11 is 1.94. The van der Waals surface area contributed by atoms with Crippen molar-refractivity contribution in [2.45, 2.75) is 56.0 Å². The Bertz CT molecular complexity index is 505. The number of benzene rings is 1. The van der Waals surface area contributed by atoms with Crippen LogP contribution in [0.1, 0.15) is 36.8 Å². The Kier molecular flexibility index (Phi) is 4.86. The number of hydrogen-bond donors (Lipinski definition) is 2. The molecule has 0 radical (unpaired) electrons. The Morgan fingerprint density at radius 2 is 2.10 bits per heavy atom. The summed E-state index contributed by atoms with van der Waals surface area (Å²) in [6.45, 7) is 0.798. The Labute approximate surface area is 131 Å². The van der Waals surface area contributed by atoms with Gasteiger partial charge in [0.05, 0.1) is 6.04 Å². The number of carbonyl (C=O) groups is 1. The summed E-state index contributed by atoms with van der Waals surface area (Å²) in [6, 6.07) is 8.69. The monoisotopic (exact) mass is 304 g/mol. The molecule has 1 aromatic rings. The molecule has 3 rings (SSSR count). The van der Waals surface area contributed by atoms with Gasteiger partial charge in [-0.1, -0.05) is 30.7 Å². The van der Waals surface area contributed by atoms with Crippen LogP contribution in [0.25, 0.3) is 0 Å². The van der Waals surface area contributed by atoms with Crippen LogP contribution in [-0.4, -0.2) is 29.5 Å². The largest absolute Gasteiger partial charge is 0.352 e. The van der Waals surface area contributed by atoms with Gasteiger partial charge in [0.25, 0.3) is 0 Å². The average molecular weight is 304 g/mol. The van der Waals surface area contributed by atoms with E-state index in [1.54, 1.807) is 0 Å². The normalized spacial score (nSPS) is 28.7. The lowest BCUT2D eigenvalue weighted by molar-refractivity contribution is -0.124. The third kappa shape index (κ3) is 3.61. The van der Waals surface area contributed by atoms with E-state index in [9.17, 15) is 4.79 Å². The molecule has 1 aromatic carbocycles. The second kappa shape index (κ2) is 6.84. The van der Waals surface area contributed by atoms with Gasteiger partial charge in [-0.3, -0.25) is 4.79 Å². The summed E-state index contributed by atoms with van der Waals surface area (Å²) < 4.78 is 0. The van der Waals surface area contributed by atoms with Gasteiger partial charge in [0.2, 0.25) is 5.91 Å². The topological polar surface area (TPSA) is 41.1 Å². The summed E-state index contributed by atoms with van der Waals surface area (Å²) in [7, 11) is 0. The first-order chi connectivity index (χ1) is 10.3. The van der Waals surface area contributed by atoms with Crippen LogP contribution in [0.2, 0.25) is 0 Å². The zero-order valence-electron chi connectivity index (χ0n) is 12.6. The first-order valence-electron chi connectivity index (χ1n) is 7.89. The van der Waals surface area contributed by atoms with Gasteiger partial charge < -0.3 is 10.6 Å². The molecule has 1 fully saturated rings. The predicted molar refractivity (Wildman–Crippen MR) is 88.5 cm³/mol. The second-order valence-corrected chi connectivity index (χ2v) is 7.27. The molecule has 1 aliphatic carbocycles. The molecule has 0 spiro atoms. The lowest BCUT2D eigenvalue weighted by atomic mass is 9.93. The van der Waals surface area contributed by atoms with Crippen molar-refractivity contribution < 1.29 is 4.79 Å². The maximum absolute atomic E-state index is 12.5. The summed E-state index contributed by atoms with van der Waals surface area (Å²) in [5, 5.41) is 7.35. The maximum Gasteiger partial charge on any atom is 0.237 e. The van der Waals surface area contributed by atoms with E-state index in [1.807, 2.05) is 11.8 Å². The lowest BCUT2D eigenvalue weighted by Gasteiger charge is -2.31. The van der Waals surface area contributed by atoms with Gasteiger partial charge in [-0.2, -0.15) is 11.8 Å². The van der Waals surface area contributed by atoms with Crippen molar-refractivity contribution in [2.75, 3.05) is 6.26 Å². The molecule has 2 unspecified atom stereocenters. The molecule has 1 heterocycles. The van der Waals surface area contributed by atoms with Crippen LogP contribution in [-0.2, 0) is 17.8 Å². The van der Waals surface area contributed by atoms with Gasteiger partial charge in [0, 0.05) is 17.8 Å². The molecule has 21 heavy (non-hydrogen) atoms. The first-order valence-corrected chi connectivity index (χ1v) is 9.18. The molecule has 0 aromatic heterocycles. The molecule has 0 saturated heterocycles. The summed E-state index contributed by atoms with van der Waals surface area (Å²) in [4.78, 5) is 12.5. The molecule has 3 atom stereocenters. The Morgan fingerprint density at radius 3 is 2.90 bits per heavy atom. The highest BCUT2D eigenvalue weighted by Crippen LogP contribution is 2.27. The predicted octanol–water partition coefficient (Wildman–Crippen LogP) is 2.49. The van der Waals surface area contributed by atoms with Crippen molar-refractivity contribution in [3.63, 3.8) is 0 Å². The van der Waals surface area contributed by atoms with E-state index in [2.05, 4.69) is 41.2 Å². The molecule has 2 aliphatic rings. The minimum atomic E-state index is -0.0745. The van der Waals surface area contributed by atoms with Crippen LogP contribution < -0.4 is 10.6 Å². The van der Waals surface area contributed by atoms with Crippen LogP contribution in [0.3, 0.4) is 0 Å². The highest BCUT2D eigenvalue weighted by Gasteiger charge is 2.28. The number of nitrogens with one attached hydrogen (secondary N) is 2. The highest BCUT2D eigenvalue weighted by molar-refractivity contribution is 7.99. The molecule has 1 aliphatic heterocycles. The molecule has 1 saturated carbocycles. The van der Waals surface area contributed by atoms with Crippen LogP contribution in [0.5, 0.6) is 0 Å². The van der Waals surface area contributed by atoms with Crippen molar-refractivity contribution >= 4 is 17.7 Å². The van der Waals surface area contributed by atoms with E-state index in [0.717, 1.165) is 25.8 Å². The second-order valence-electron chi connectivity index (χ2n) is 6.14. The van der Waals surface area contributed by atoms with Gasteiger partial charge in [0.15, 0.2) is 0 Å². The number of carbonyl (C=O) groups excluding carboxylic acids is 1. The number of hydrogen-bond acceptors (Lipinski definition) is 3. The van der Waals surface area contributed by atoms with E-state index >= 15 is 0 Å². The van der Waals surface area contributed by atoms with E-state index < -0.39 is 0 Å². The van der Waals surface area contributed by atoms with E-state index in [-0.39, 0.29) is 11.9 Å². The maximum atomic E-state index is 12.5. The molecular weight excluding hydrogens is 280 g/mol. The fourth-order valence-electron chi connectivity index (χ4n) is 3.43. The number of rotatable bonds is 3. The van der Waals surface area contributed by atoms with E-state index in [4.69, 9.17) is 0 Å². The minimum absolute atomic E-state index is 0.0745. The molecule has 114 valence electrons. The zero-order valence-corrected chi connectivity index (χ0v) is 13.4. The first kappa shape index (κ1) is 14.9.